The summed E-state index contributed by atoms with van der Waals surface area (Å²) >= 11 is 0. The number of benzene rings is 1. The molecule has 19 heavy (non-hydrogen) atoms. The minimum absolute atomic E-state index is 0.228. The molecule has 5 nitrogen and oxygen atoms in total. The third-order valence-corrected chi connectivity index (χ3v) is 3.37. The fourth-order valence-electron chi connectivity index (χ4n) is 2.33. The number of anilines is 2. The van der Waals surface area contributed by atoms with Crippen molar-refractivity contribution < 1.29 is 9.90 Å². The monoisotopic (exact) mass is 261 g/mol. The van der Waals surface area contributed by atoms with Gasteiger partial charge in [0.2, 0.25) is 0 Å². The van der Waals surface area contributed by atoms with Gasteiger partial charge in [-0.1, -0.05) is 6.08 Å². The van der Waals surface area contributed by atoms with Gasteiger partial charge in [0, 0.05) is 32.7 Å². The van der Waals surface area contributed by atoms with E-state index in [4.69, 9.17) is 10.8 Å². The van der Waals surface area contributed by atoms with Crippen LogP contribution < -0.4 is 10.6 Å². The van der Waals surface area contributed by atoms with Crippen LogP contribution in [0.25, 0.3) is 0 Å². The van der Waals surface area contributed by atoms with Gasteiger partial charge in [-0.3, -0.25) is 4.90 Å². The van der Waals surface area contributed by atoms with Gasteiger partial charge in [-0.15, -0.1) is 6.58 Å². The van der Waals surface area contributed by atoms with Crippen LogP contribution in [0.5, 0.6) is 0 Å². The van der Waals surface area contributed by atoms with E-state index in [1.807, 2.05) is 6.08 Å². The Morgan fingerprint density at radius 2 is 2.05 bits per heavy atom. The molecule has 1 heterocycles. The molecule has 1 saturated heterocycles. The first-order valence-corrected chi connectivity index (χ1v) is 6.33. The Kier molecular flexibility index (Phi) is 4.06. The molecule has 1 aliphatic heterocycles. The highest BCUT2D eigenvalue weighted by Gasteiger charge is 2.18. The SMILES string of the molecule is C=CCN1CCN(c2ccc(C(=O)O)cc2N)CC1. The van der Waals surface area contributed by atoms with Gasteiger partial charge in [-0.05, 0) is 18.2 Å². The van der Waals surface area contributed by atoms with Crippen molar-refractivity contribution >= 4 is 17.3 Å². The van der Waals surface area contributed by atoms with Crippen LogP contribution in [0, 0.1) is 0 Å². The van der Waals surface area contributed by atoms with E-state index in [1.165, 1.54) is 6.07 Å². The quantitative estimate of drug-likeness (QED) is 0.631. The molecule has 1 aromatic carbocycles. The normalized spacial score (nSPS) is 16.3. The van der Waals surface area contributed by atoms with Gasteiger partial charge >= 0.3 is 5.97 Å². The average Bonchev–Trinajstić information content (AvgIpc) is 2.40. The Balaban J connectivity index is 2.07. The molecule has 2 rings (SSSR count). The third kappa shape index (κ3) is 3.06. The molecule has 1 aromatic rings. The van der Waals surface area contributed by atoms with Crippen molar-refractivity contribution in [3.63, 3.8) is 0 Å². The molecule has 1 aliphatic rings. The molecule has 0 saturated carbocycles. The number of nitrogen functional groups attached to an aromatic ring is 1. The lowest BCUT2D eigenvalue weighted by Crippen LogP contribution is -2.46. The average molecular weight is 261 g/mol. The number of rotatable bonds is 4. The minimum atomic E-state index is -0.950. The zero-order valence-corrected chi connectivity index (χ0v) is 10.9. The van der Waals surface area contributed by atoms with Crippen LogP contribution in [0.15, 0.2) is 30.9 Å². The number of hydrogen-bond donors (Lipinski definition) is 2. The molecular formula is C14H19N3O2. The second-order valence-electron chi connectivity index (χ2n) is 4.66. The second-order valence-corrected chi connectivity index (χ2v) is 4.66. The van der Waals surface area contributed by atoms with Crippen LogP contribution in [-0.4, -0.2) is 48.7 Å². The predicted molar refractivity (Wildman–Crippen MR) is 76.7 cm³/mol. The maximum absolute atomic E-state index is 10.9. The van der Waals surface area contributed by atoms with E-state index < -0.39 is 5.97 Å². The van der Waals surface area contributed by atoms with Gasteiger partial charge in [-0.25, -0.2) is 4.79 Å². The summed E-state index contributed by atoms with van der Waals surface area (Å²) in [5.74, 6) is -0.950. The molecule has 0 bridgehead atoms. The van der Waals surface area contributed by atoms with Crippen molar-refractivity contribution in [2.45, 2.75) is 0 Å². The summed E-state index contributed by atoms with van der Waals surface area (Å²) < 4.78 is 0. The fourth-order valence-corrected chi connectivity index (χ4v) is 2.33. The van der Waals surface area contributed by atoms with E-state index in [-0.39, 0.29) is 5.56 Å². The van der Waals surface area contributed by atoms with Gasteiger partial charge in [0.1, 0.15) is 0 Å². The van der Waals surface area contributed by atoms with Crippen molar-refractivity contribution in [2.75, 3.05) is 43.4 Å². The van der Waals surface area contributed by atoms with Crippen LogP contribution >= 0.6 is 0 Å². The molecule has 102 valence electrons. The number of nitrogens with two attached hydrogens (primary N) is 1. The minimum Gasteiger partial charge on any atom is -0.478 e. The van der Waals surface area contributed by atoms with Crippen molar-refractivity contribution in [3.05, 3.63) is 36.4 Å². The van der Waals surface area contributed by atoms with Crippen molar-refractivity contribution in [3.8, 4) is 0 Å². The molecule has 1 fully saturated rings. The molecule has 0 aromatic heterocycles. The smallest absolute Gasteiger partial charge is 0.335 e. The third-order valence-electron chi connectivity index (χ3n) is 3.37. The summed E-state index contributed by atoms with van der Waals surface area (Å²) in [5.41, 5.74) is 7.62. The van der Waals surface area contributed by atoms with Gasteiger partial charge in [0.15, 0.2) is 0 Å². The standard InChI is InChI=1S/C14H19N3O2/c1-2-5-16-6-8-17(9-7-16)13-4-3-11(14(18)19)10-12(13)15/h2-4,10H,1,5-9,15H2,(H,18,19). The van der Waals surface area contributed by atoms with E-state index in [1.54, 1.807) is 12.1 Å². The number of carboxylic acids is 1. The van der Waals surface area contributed by atoms with Gasteiger partial charge < -0.3 is 15.7 Å². The summed E-state index contributed by atoms with van der Waals surface area (Å²) in [4.78, 5) is 15.4. The molecule has 0 atom stereocenters. The van der Waals surface area contributed by atoms with Crippen LogP contribution in [-0.2, 0) is 0 Å². The van der Waals surface area contributed by atoms with E-state index >= 15 is 0 Å². The maximum Gasteiger partial charge on any atom is 0.335 e. The Bertz CT molecular complexity index is 480. The van der Waals surface area contributed by atoms with Crippen LogP contribution in [0.3, 0.4) is 0 Å². The van der Waals surface area contributed by atoms with E-state index in [2.05, 4.69) is 16.4 Å². The first kappa shape index (κ1) is 13.4. The van der Waals surface area contributed by atoms with Crippen molar-refractivity contribution in [2.24, 2.45) is 0 Å². The van der Waals surface area contributed by atoms with Crippen molar-refractivity contribution in [1.82, 2.24) is 4.90 Å². The number of carboxylic acid groups (broad SMARTS) is 1. The summed E-state index contributed by atoms with van der Waals surface area (Å²) in [5, 5.41) is 8.92. The summed E-state index contributed by atoms with van der Waals surface area (Å²) in [6, 6.07) is 4.92. The molecule has 0 unspecified atom stereocenters. The molecule has 0 radical (unpaired) electrons. The van der Waals surface area contributed by atoms with Crippen LogP contribution in [0.1, 0.15) is 10.4 Å². The summed E-state index contributed by atoms with van der Waals surface area (Å²) in [7, 11) is 0. The van der Waals surface area contributed by atoms with Gasteiger partial charge in [0.05, 0.1) is 16.9 Å². The first-order chi connectivity index (χ1) is 9.11. The lowest BCUT2D eigenvalue weighted by Gasteiger charge is -2.36. The Morgan fingerprint density at radius 3 is 2.58 bits per heavy atom. The van der Waals surface area contributed by atoms with Crippen LogP contribution in [0.2, 0.25) is 0 Å². The Labute approximate surface area is 112 Å². The molecule has 0 amide bonds. The fraction of sp³-hybridized carbons (Fsp3) is 0.357. The number of hydrogen-bond acceptors (Lipinski definition) is 4. The van der Waals surface area contributed by atoms with E-state index in [0.29, 0.717) is 5.69 Å². The number of carbonyl (C=O) groups is 1. The van der Waals surface area contributed by atoms with Gasteiger partial charge in [0.25, 0.3) is 0 Å². The van der Waals surface area contributed by atoms with E-state index in [9.17, 15) is 4.79 Å². The summed E-state index contributed by atoms with van der Waals surface area (Å²) in [6.45, 7) is 8.36. The first-order valence-electron chi connectivity index (χ1n) is 6.33. The van der Waals surface area contributed by atoms with Crippen LogP contribution in [0.4, 0.5) is 11.4 Å². The molecule has 3 N–H and O–H groups in total. The predicted octanol–water partition coefficient (Wildman–Crippen LogP) is 1.27. The largest absolute Gasteiger partial charge is 0.478 e. The zero-order valence-electron chi connectivity index (χ0n) is 10.9. The number of aromatic carboxylic acids is 1. The molecule has 0 spiro atoms. The highest BCUT2D eigenvalue weighted by atomic mass is 16.4. The molecular weight excluding hydrogens is 242 g/mol. The summed E-state index contributed by atoms with van der Waals surface area (Å²) in [6.07, 6.45) is 1.91. The molecule has 0 aliphatic carbocycles. The number of nitrogens with zero attached hydrogens (tertiary/aromatic N) is 2. The van der Waals surface area contributed by atoms with Gasteiger partial charge in [-0.2, -0.15) is 0 Å². The molecule has 5 heteroatoms. The number of piperazine rings is 1. The van der Waals surface area contributed by atoms with Crippen molar-refractivity contribution in [1.29, 1.82) is 0 Å². The Hall–Kier alpha value is -2.01. The highest BCUT2D eigenvalue weighted by molar-refractivity contribution is 5.90. The zero-order chi connectivity index (χ0) is 13.8. The topological polar surface area (TPSA) is 69.8 Å². The highest BCUT2D eigenvalue weighted by Crippen LogP contribution is 2.25. The maximum atomic E-state index is 10.9. The lowest BCUT2D eigenvalue weighted by atomic mass is 10.1. The second kappa shape index (κ2) is 5.75. The Morgan fingerprint density at radius 1 is 1.37 bits per heavy atom. The lowest BCUT2D eigenvalue weighted by molar-refractivity contribution is 0.0697. The van der Waals surface area contributed by atoms with E-state index in [0.717, 1.165) is 38.4 Å².